The van der Waals surface area contributed by atoms with E-state index in [1.165, 1.54) is 0 Å². The Morgan fingerprint density at radius 1 is 1.18 bits per heavy atom. The van der Waals surface area contributed by atoms with Crippen molar-refractivity contribution in [2.45, 2.75) is 27.7 Å². The number of hydrogen-bond acceptors (Lipinski definition) is 2. The number of aromatic nitrogens is 3. The molecule has 1 heterocycles. The molecule has 3 heteroatoms. The van der Waals surface area contributed by atoms with Crippen LogP contribution < -0.4 is 0 Å². The number of nitrogens with zero attached hydrogens (tertiary/aromatic N) is 2. The van der Waals surface area contributed by atoms with Crippen LogP contribution in [0, 0.1) is 6.92 Å². The Morgan fingerprint density at radius 2 is 1.71 bits per heavy atom. The number of allylic oxidation sites excluding steroid dienone is 1. The summed E-state index contributed by atoms with van der Waals surface area (Å²) >= 11 is 0. The van der Waals surface area contributed by atoms with Gasteiger partial charge in [0.15, 0.2) is 5.82 Å². The van der Waals surface area contributed by atoms with Crippen molar-refractivity contribution in [3.63, 3.8) is 0 Å². The third kappa shape index (κ3) is 5.66. The van der Waals surface area contributed by atoms with Gasteiger partial charge in [-0.1, -0.05) is 50.3 Å². The Morgan fingerprint density at radius 3 is 2.12 bits per heavy atom. The van der Waals surface area contributed by atoms with Crippen molar-refractivity contribution in [2.75, 3.05) is 0 Å². The number of hydrogen-bond donors (Lipinski definition) is 1. The topological polar surface area (TPSA) is 41.6 Å². The zero-order valence-electron chi connectivity index (χ0n) is 11.1. The zero-order chi connectivity index (χ0) is 13.1. The Balaban J connectivity index is 0.000000450. The fourth-order valence-electron chi connectivity index (χ4n) is 1.06. The molecule has 0 aliphatic heterocycles. The molecule has 2 rings (SSSR count). The minimum Gasteiger partial charge on any atom is -0.263 e. The molecule has 0 aliphatic carbocycles. The summed E-state index contributed by atoms with van der Waals surface area (Å²) in [6.07, 6.45) is 1.75. The number of rotatable bonds is 1. The van der Waals surface area contributed by atoms with Gasteiger partial charge in [0.1, 0.15) is 5.82 Å². The van der Waals surface area contributed by atoms with Gasteiger partial charge in [-0.25, -0.2) is 4.98 Å². The lowest BCUT2D eigenvalue weighted by Crippen LogP contribution is -1.78. The number of benzene rings is 1. The summed E-state index contributed by atoms with van der Waals surface area (Å²) in [4.78, 5) is 4.21. The van der Waals surface area contributed by atoms with Crippen LogP contribution >= 0.6 is 0 Å². The first kappa shape index (κ1) is 15.1. The lowest BCUT2D eigenvalue weighted by Gasteiger charge is -1.90. The van der Waals surface area contributed by atoms with E-state index in [1.54, 1.807) is 6.08 Å². The summed E-state index contributed by atoms with van der Waals surface area (Å²) in [5, 5.41) is 6.86. The summed E-state index contributed by atoms with van der Waals surface area (Å²) in [5.41, 5.74) is 1.04. The van der Waals surface area contributed by atoms with Gasteiger partial charge < -0.3 is 0 Å². The van der Waals surface area contributed by atoms with Crippen LogP contribution in [0.4, 0.5) is 0 Å². The van der Waals surface area contributed by atoms with Crippen molar-refractivity contribution in [2.24, 2.45) is 0 Å². The van der Waals surface area contributed by atoms with E-state index in [2.05, 4.69) is 21.8 Å². The van der Waals surface area contributed by atoms with Crippen LogP contribution in [-0.4, -0.2) is 15.2 Å². The van der Waals surface area contributed by atoms with Gasteiger partial charge in [-0.3, -0.25) is 5.10 Å². The van der Waals surface area contributed by atoms with E-state index >= 15 is 0 Å². The van der Waals surface area contributed by atoms with Crippen molar-refractivity contribution in [3.05, 3.63) is 48.8 Å². The predicted octanol–water partition coefficient (Wildman–Crippen LogP) is 4.00. The average molecular weight is 231 g/mol. The molecule has 0 aliphatic rings. The van der Waals surface area contributed by atoms with E-state index in [-0.39, 0.29) is 0 Å². The van der Waals surface area contributed by atoms with Crippen molar-refractivity contribution < 1.29 is 0 Å². The Labute approximate surface area is 104 Å². The Bertz CT molecular complexity index is 404. The zero-order valence-corrected chi connectivity index (χ0v) is 11.1. The van der Waals surface area contributed by atoms with E-state index in [9.17, 15) is 0 Å². The molecule has 92 valence electrons. The fourth-order valence-corrected chi connectivity index (χ4v) is 1.06. The maximum Gasteiger partial charge on any atom is 0.181 e. The molecule has 0 unspecified atom stereocenters. The van der Waals surface area contributed by atoms with Gasteiger partial charge in [0.2, 0.25) is 0 Å². The second kappa shape index (κ2) is 9.33. The molecular formula is C14H21N3. The lowest BCUT2D eigenvalue weighted by molar-refractivity contribution is 1.04. The SMILES string of the molecule is C=CC.CC.Cc1nc(-c2ccccc2)n[nH]1. The molecule has 0 saturated heterocycles. The van der Waals surface area contributed by atoms with E-state index in [1.807, 2.05) is 58.0 Å². The van der Waals surface area contributed by atoms with Crippen LogP contribution in [0.1, 0.15) is 26.6 Å². The summed E-state index contributed by atoms with van der Waals surface area (Å²) in [6, 6.07) is 9.90. The molecule has 1 aromatic carbocycles. The number of H-pyrrole nitrogens is 1. The molecule has 3 nitrogen and oxygen atoms in total. The predicted molar refractivity (Wildman–Crippen MR) is 73.8 cm³/mol. The number of aryl methyl sites for hydroxylation is 1. The molecule has 1 N–H and O–H groups in total. The van der Waals surface area contributed by atoms with Gasteiger partial charge in [0.05, 0.1) is 0 Å². The maximum absolute atomic E-state index is 4.21. The molecule has 0 radical (unpaired) electrons. The van der Waals surface area contributed by atoms with Crippen LogP contribution in [0.5, 0.6) is 0 Å². The van der Waals surface area contributed by atoms with Crippen LogP contribution in [0.25, 0.3) is 11.4 Å². The first-order valence-corrected chi connectivity index (χ1v) is 5.79. The Kier molecular flexibility index (Phi) is 8.29. The van der Waals surface area contributed by atoms with E-state index in [0.717, 1.165) is 17.2 Å². The largest absolute Gasteiger partial charge is 0.263 e. The second-order valence-electron chi connectivity index (χ2n) is 3.02. The van der Waals surface area contributed by atoms with Crippen LogP contribution in [0.2, 0.25) is 0 Å². The quantitative estimate of drug-likeness (QED) is 0.754. The van der Waals surface area contributed by atoms with E-state index in [4.69, 9.17) is 0 Å². The van der Waals surface area contributed by atoms with Crippen LogP contribution in [0.3, 0.4) is 0 Å². The first-order chi connectivity index (χ1) is 8.27. The van der Waals surface area contributed by atoms with Crippen LogP contribution in [-0.2, 0) is 0 Å². The highest BCUT2D eigenvalue weighted by Crippen LogP contribution is 2.12. The molecule has 17 heavy (non-hydrogen) atoms. The smallest absolute Gasteiger partial charge is 0.181 e. The average Bonchev–Trinajstić information content (AvgIpc) is 2.81. The molecule has 0 amide bonds. The number of aromatic amines is 1. The molecule has 1 aromatic heterocycles. The molecular weight excluding hydrogens is 210 g/mol. The van der Waals surface area contributed by atoms with E-state index < -0.39 is 0 Å². The monoisotopic (exact) mass is 231 g/mol. The van der Waals surface area contributed by atoms with Crippen molar-refractivity contribution in [1.82, 2.24) is 15.2 Å². The maximum atomic E-state index is 4.21. The molecule has 0 saturated carbocycles. The highest BCUT2D eigenvalue weighted by atomic mass is 15.2. The van der Waals surface area contributed by atoms with Crippen LogP contribution in [0.15, 0.2) is 43.0 Å². The Hall–Kier alpha value is -1.90. The van der Waals surface area contributed by atoms with Crippen molar-refractivity contribution in [3.8, 4) is 11.4 Å². The second-order valence-corrected chi connectivity index (χ2v) is 3.02. The highest BCUT2D eigenvalue weighted by Gasteiger charge is 2.00. The summed E-state index contributed by atoms with van der Waals surface area (Å²) < 4.78 is 0. The molecule has 0 spiro atoms. The van der Waals surface area contributed by atoms with Gasteiger partial charge >= 0.3 is 0 Å². The minimum atomic E-state index is 0.758. The summed E-state index contributed by atoms with van der Waals surface area (Å²) in [6.45, 7) is 11.1. The number of nitrogens with one attached hydrogen (secondary N) is 1. The van der Waals surface area contributed by atoms with E-state index in [0.29, 0.717) is 0 Å². The van der Waals surface area contributed by atoms with Gasteiger partial charge in [-0.05, 0) is 13.8 Å². The molecule has 0 atom stereocenters. The van der Waals surface area contributed by atoms with Gasteiger partial charge in [-0.15, -0.1) is 6.58 Å². The summed E-state index contributed by atoms with van der Waals surface area (Å²) in [7, 11) is 0. The van der Waals surface area contributed by atoms with Gasteiger partial charge in [0.25, 0.3) is 0 Å². The lowest BCUT2D eigenvalue weighted by atomic mass is 10.2. The third-order valence-electron chi connectivity index (χ3n) is 1.63. The summed E-state index contributed by atoms with van der Waals surface area (Å²) in [5.74, 6) is 1.60. The normalized spacial score (nSPS) is 8.24. The minimum absolute atomic E-state index is 0.758. The first-order valence-electron chi connectivity index (χ1n) is 5.79. The molecule has 0 fully saturated rings. The van der Waals surface area contributed by atoms with Gasteiger partial charge in [0, 0.05) is 5.56 Å². The van der Waals surface area contributed by atoms with Crippen molar-refractivity contribution >= 4 is 0 Å². The molecule has 2 aromatic rings. The van der Waals surface area contributed by atoms with Crippen molar-refractivity contribution in [1.29, 1.82) is 0 Å². The molecule has 0 bridgehead atoms. The fraction of sp³-hybridized carbons (Fsp3) is 0.286. The standard InChI is InChI=1S/C9H9N3.C3H6.C2H6/c1-7-10-9(12-11-7)8-5-3-2-4-6-8;1-3-2;1-2/h2-6H,1H3,(H,10,11,12);3H,1H2,2H3;1-2H3. The third-order valence-corrected chi connectivity index (χ3v) is 1.63. The highest BCUT2D eigenvalue weighted by molar-refractivity contribution is 5.53. The van der Waals surface area contributed by atoms with Gasteiger partial charge in [-0.2, -0.15) is 5.10 Å².